The van der Waals surface area contributed by atoms with Gasteiger partial charge in [-0.2, -0.15) is 0 Å². The van der Waals surface area contributed by atoms with Crippen molar-refractivity contribution in [2.45, 2.75) is 20.4 Å². The fourth-order valence-corrected chi connectivity index (χ4v) is 2.46. The fourth-order valence-electron chi connectivity index (χ4n) is 2.46. The van der Waals surface area contributed by atoms with Crippen molar-refractivity contribution >= 4 is 16.8 Å². The average Bonchev–Trinajstić information content (AvgIpc) is 3.11. The van der Waals surface area contributed by atoms with Crippen LogP contribution >= 0.6 is 0 Å². The molecular weight excluding hydrogens is 290 g/mol. The molecule has 0 amide bonds. The van der Waals surface area contributed by atoms with Gasteiger partial charge in [0, 0.05) is 6.20 Å². The number of nitrogens with zero attached hydrogens (tertiary/aromatic N) is 5. The lowest BCUT2D eigenvalue weighted by Gasteiger charge is -2.09. The molecule has 6 nitrogen and oxygen atoms in total. The third-order valence-corrected chi connectivity index (χ3v) is 3.45. The summed E-state index contributed by atoms with van der Waals surface area (Å²) in [6.07, 6.45) is 3.23. The minimum atomic E-state index is -0.109. The van der Waals surface area contributed by atoms with Crippen molar-refractivity contribution < 1.29 is 0 Å². The molecule has 3 heterocycles. The molecular formula is C17H17N5O. The topological polar surface area (TPSA) is 65.1 Å². The van der Waals surface area contributed by atoms with Crippen molar-refractivity contribution in [3.05, 3.63) is 70.9 Å². The Kier molecular flexibility index (Phi) is 4.14. The Labute approximate surface area is 133 Å². The maximum Gasteiger partial charge on any atom is 0.264 e. The van der Waals surface area contributed by atoms with Gasteiger partial charge in [-0.25, -0.2) is 4.98 Å². The van der Waals surface area contributed by atoms with Crippen LogP contribution in [0.5, 0.6) is 0 Å². The van der Waals surface area contributed by atoms with Gasteiger partial charge in [-0.15, -0.1) is 10.2 Å². The molecule has 23 heavy (non-hydrogen) atoms. The zero-order valence-electron chi connectivity index (χ0n) is 13.0. The second-order valence-corrected chi connectivity index (χ2v) is 4.75. The summed E-state index contributed by atoms with van der Waals surface area (Å²) in [4.78, 5) is 16.9. The van der Waals surface area contributed by atoms with Crippen LogP contribution in [0, 0.1) is 0 Å². The average molecular weight is 307 g/mol. The highest BCUT2D eigenvalue weighted by atomic mass is 16.1. The zero-order valence-corrected chi connectivity index (χ0v) is 13.0. The largest absolute Gasteiger partial charge is 0.272 e. The molecule has 3 aromatic heterocycles. The van der Waals surface area contributed by atoms with E-state index in [4.69, 9.17) is 0 Å². The molecule has 0 unspecified atom stereocenters. The van der Waals surface area contributed by atoms with E-state index in [0.29, 0.717) is 23.4 Å². The van der Waals surface area contributed by atoms with Crippen LogP contribution in [-0.4, -0.2) is 24.1 Å². The quantitative estimate of drug-likeness (QED) is 0.571. The lowest BCUT2D eigenvalue weighted by Crippen LogP contribution is -2.24. The summed E-state index contributed by atoms with van der Waals surface area (Å²) in [7, 11) is 0. The smallest absolute Gasteiger partial charge is 0.264 e. The lowest BCUT2D eigenvalue weighted by molar-refractivity contribution is 0.765. The molecule has 0 bridgehead atoms. The first kappa shape index (κ1) is 14.9. The molecule has 0 aliphatic heterocycles. The van der Waals surface area contributed by atoms with Gasteiger partial charge < -0.3 is 0 Å². The summed E-state index contributed by atoms with van der Waals surface area (Å²) < 4.78 is 3.35. The maximum atomic E-state index is 12.7. The van der Waals surface area contributed by atoms with Gasteiger partial charge in [-0.05, 0) is 17.7 Å². The molecule has 0 fully saturated rings. The Balaban J connectivity index is 0.000000753. The van der Waals surface area contributed by atoms with Crippen LogP contribution in [0.2, 0.25) is 0 Å². The summed E-state index contributed by atoms with van der Waals surface area (Å²) in [6.45, 7) is 4.45. The number of hydrogen-bond acceptors (Lipinski definition) is 4. The van der Waals surface area contributed by atoms with Gasteiger partial charge in [0.2, 0.25) is 5.78 Å². The molecule has 0 aliphatic rings. The summed E-state index contributed by atoms with van der Waals surface area (Å²) >= 11 is 0. The Hall–Kier alpha value is -3.02. The molecule has 0 saturated carbocycles. The van der Waals surface area contributed by atoms with E-state index in [0.717, 1.165) is 5.56 Å². The SMILES string of the molecule is CC.O=c1c2cccnc2n2cnnc2n1Cc1ccccc1. The van der Waals surface area contributed by atoms with Crippen molar-refractivity contribution in [2.75, 3.05) is 0 Å². The van der Waals surface area contributed by atoms with Crippen LogP contribution in [0.1, 0.15) is 19.4 Å². The van der Waals surface area contributed by atoms with Gasteiger partial charge in [0.1, 0.15) is 6.33 Å². The van der Waals surface area contributed by atoms with Crippen LogP contribution in [0.25, 0.3) is 16.8 Å². The minimum absolute atomic E-state index is 0.109. The molecule has 116 valence electrons. The minimum Gasteiger partial charge on any atom is -0.272 e. The van der Waals surface area contributed by atoms with E-state index in [9.17, 15) is 4.79 Å². The molecule has 0 N–H and O–H groups in total. The maximum absolute atomic E-state index is 12.7. The molecule has 0 radical (unpaired) electrons. The van der Waals surface area contributed by atoms with Crippen LogP contribution < -0.4 is 5.56 Å². The van der Waals surface area contributed by atoms with E-state index in [2.05, 4.69) is 15.2 Å². The molecule has 0 saturated heterocycles. The number of aromatic nitrogens is 5. The molecule has 1 aromatic carbocycles. The zero-order chi connectivity index (χ0) is 16.2. The number of pyridine rings is 1. The monoisotopic (exact) mass is 307 g/mol. The van der Waals surface area contributed by atoms with E-state index in [1.807, 2.05) is 44.2 Å². The van der Waals surface area contributed by atoms with Crippen LogP contribution in [-0.2, 0) is 6.54 Å². The third-order valence-electron chi connectivity index (χ3n) is 3.45. The Bertz CT molecular complexity index is 988. The van der Waals surface area contributed by atoms with Gasteiger partial charge in [0.25, 0.3) is 5.56 Å². The van der Waals surface area contributed by atoms with E-state index >= 15 is 0 Å². The van der Waals surface area contributed by atoms with E-state index < -0.39 is 0 Å². The van der Waals surface area contributed by atoms with Gasteiger partial charge in [-0.3, -0.25) is 13.8 Å². The highest BCUT2D eigenvalue weighted by Gasteiger charge is 2.12. The predicted octanol–water partition coefficient (Wildman–Crippen LogP) is 2.51. The standard InChI is InChI=1S/C15H11N5O.C2H6/c21-14-12-7-4-8-16-13(12)20-10-17-18-15(20)19(14)9-11-5-2-1-3-6-11;1-2/h1-8,10H,9H2;1-2H3. The van der Waals surface area contributed by atoms with Crippen LogP contribution in [0.15, 0.2) is 59.8 Å². The highest BCUT2D eigenvalue weighted by molar-refractivity contribution is 5.75. The van der Waals surface area contributed by atoms with Gasteiger partial charge >= 0.3 is 0 Å². The third kappa shape index (κ3) is 2.59. The molecule has 0 atom stereocenters. The fraction of sp³-hybridized carbons (Fsp3) is 0.176. The summed E-state index contributed by atoms with van der Waals surface area (Å²) in [5, 5.41) is 8.53. The second kappa shape index (κ2) is 6.39. The Morgan fingerprint density at radius 3 is 2.61 bits per heavy atom. The molecule has 4 aromatic rings. The first-order valence-electron chi connectivity index (χ1n) is 7.56. The second-order valence-electron chi connectivity index (χ2n) is 4.75. The highest BCUT2D eigenvalue weighted by Crippen LogP contribution is 2.10. The summed E-state index contributed by atoms with van der Waals surface area (Å²) in [5.41, 5.74) is 1.50. The van der Waals surface area contributed by atoms with E-state index in [1.165, 1.54) is 0 Å². The van der Waals surface area contributed by atoms with Crippen LogP contribution in [0.4, 0.5) is 0 Å². The molecule has 0 spiro atoms. The van der Waals surface area contributed by atoms with Crippen molar-refractivity contribution in [1.29, 1.82) is 0 Å². The Morgan fingerprint density at radius 1 is 1.04 bits per heavy atom. The number of rotatable bonds is 2. The van der Waals surface area contributed by atoms with E-state index in [1.54, 1.807) is 33.6 Å². The molecule has 6 heteroatoms. The van der Waals surface area contributed by atoms with Crippen molar-refractivity contribution in [2.24, 2.45) is 0 Å². The van der Waals surface area contributed by atoms with Crippen molar-refractivity contribution in [3.63, 3.8) is 0 Å². The van der Waals surface area contributed by atoms with Crippen LogP contribution in [0.3, 0.4) is 0 Å². The predicted molar refractivity (Wildman–Crippen MR) is 89.4 cm³/mol. The molecule has 4 rings (SSSR count). The number of hydrogen-bond donors (Lipinski definition) is 0. The van der Waals surface area contributed by atoms with Crippen molar-refractivity contribution in [1.82, 2.24) is 24.1 Å². The summed E-state index contributed by atoms with van der Waals surface area (Å²) in [5.74, 6) is 0.495. The normalized spacial score (nSPS) is 10.5. The van der Waals surface area contributed by atoms with Crippen molar-refractivity contribution in [3.8, 4) is 0 Å². The van der Waals surface area contributed by atoms with E-state index in [-0.39, 0.29) is 5.56 Å². The van der Waals surface area contributed by atoms with Gasteiger partial charge in [0.15, 0.2) is 5.65 Å². The first-order chi connectivity index (χ1) is 11.3. The Morgan fingerprint density at radius 2 is 1.83 bits per heavy atom. The lowest BCUT2D eigenvalue weighted by atomic mass is 10.2. The number of benzene rings is 1. The summed E-state index contributed by atoms with van der Waals surface area (Å²) in [6, 6.07) is 13.3. The first-order valence-corrected chi connectivity index (χ1v) is 7.56. The number of fused-ring (bicyclic) bond motifs is 3. The van der Waals surface area contributed by atoms with Gasteiger partial charge in [0.05, 0.1) is 11.9 Å². The van der Waals surface area contributed by atoms with Gasteiger partial charge in [-0.1, -0.05) is 44.2 Å². The molecule has 0 aliphatic carbocycles.